The zero-order valence-corrected chi connectivity index (χ0v) is 14.0. The molecule has 1 saturated carbocycles. The van der Waals surface area contributed by atoms with Gasteiger partial charge in [-0.2, -0.15) is 0 Å². The summed E-state index contributed by atoms with van der Waals surface area (Å²) in [6, 6.07) is 0. The molecule has 2 heteroatoms. The van der Waals surface area contributed by atoms with Gasteiger partial charge >= 0.3 is 0 Å². The van der Waals surface area contributed by atoms with Crippen LogP contribution in [-0.2, 0) is 4.79 Å². The van der Waals surface area contributed by atoms with Crippen LogP contribution in [0.3, 0.4) is 0 Å². The van der Waals surface area contributed by atoms with Crippen molar-refractivity contribution in [1.82, 2.24) is 4.90 Å². The lowest BCUT2D eigenvalue weighted by Crippen LogP contribution is -2.33. The van der Waals surface area contributed by atoms with Gasteiger partial charge < -0.3 is 4.90 Å². The molecule has 0 saturated heterocycles. The summed E-state index contributed by atoms with van der Waals surface area (Å²) in [6.07, 6.45) is 13.8. The molecule has 2 nitrogen and oxygen atoms in total. The van der Waals surface area contributed by atoms with E-state index in [0.717, 1.165) is 51.1 Å². The van der Waals surface area contributed by atoms with Crippen molar-refractivity contribution in [2.45, 2.75) is 59.3 Å². The van der Waals surface area contributed by atoms with Gasteiger partial charge in [0, 0.05) is 19.0 Å². The summed E-state index contributed by atoms with van der Waals surface area (Å²) < 4.78 is 0. The summed E-state index contributed by atoms with van der Waals surface area (Å²) in [5.41, 5.74) is 1.53. The van der Waals surface area contributed by atoms with Crippen molar-refractivity contribution in [3.8, 4) is 0 Å². The van der Waals surface area contributed by atoms with Gasteiger partial charge in [0.15, 0.2) is 0 Å². The smallest absolute Gasteiger partial charge is 0.225 e. The van der Waals surface area contributed by atoms with Gasteiger partial charge in [-0.1, -0.05) is 44.1 Å². The summed E-state index contributed by atoms with van der Waals surface area (Å²) in [6.45, 7) is 8.50. The van der Waals surface area contributed by atoms with Crippen molar-refractivity contribution in [3.63, 3.8) is 0 Å². The largest absolute Gasteiger partial charge is 0.339 e. The maximum absolute atomic E-state index is 12.3. The van der Waals surface area contributed by atoms with E-state index in [1.807, 2.05) is 0 Å². The highest BCUT2D eigenvalue weighted by molar-refractivity contribution is 5.81. The van der Waals surface area contributed by atoms with E-state index in [4.69, 9.17) is 0 Å². The minimum absolute atomic E-state index is 0.342. The maximum atomic E-state index is 12.3. The quantitative estimate of drug-likeness (QED) is 0.628. The Bertz CT molecular complexity index is 406. The van der Waals surface area contributed by atoms with Gasteiger partial charge in [-0.3, -0.25) is 4.79 Å². The highest BCUT2D eigenvalue weighted by Gasteiger charge is 2.32. The van der Waals surface area contributed by atoms with Gasteiger partial charge in [-0.05, 0) is 50.9 Å². The molecule has 2 rings (SSSR count). The first-order chi connectivity index (χ1) is 10.1. The lowest BCUT2D eigenvalue weighted by atomic mass is 9.81. The number of rotatable bonds is 7. The average Bonchev–Trinajstić information content (AvgIpc) is 3.28. The van der Waals surface area contributed by atoms with Gasteiger partial charge in [-0.15, -0.1) is 0 Å². The second-order valence-corrected chi connectivity index (χ2v) is 6.97. The maximum Gasteiger partial charge on any atom is 0.225 e. The number of carbonyl (C=O) groups excluding carboxylic acids is 1. The number of allylic oxidation sites excluding steroid dienone is 3. The Morgan fingerprint density at radius 2 is 2.19 bits per heavy atom. The van der Waals surface area contributed by atoms with Crippen LogP contribution in [0.4, 0.5) is 0 Å². The Kier molecular flexibility index (Phi) is 6.08. The number of unbranched alkanes of at least 4 members (excludes halogenated alkanes) is 1. The number of hydrogen-bond acceptors (Lipinski definition) is 1. The zero-order valence-electron chi connectivity index (χ0n) is 14.0. The molecule has 2 aliphatic rings. The molecule has 0 aromatic carbocycles. The van der Waals surface area contributed by atoms with E-state index < -0.39 is 0 Å². The number of nitrogens with zero attached hydrogens (tertiary/aromatic N) is 1. The number of hydrogen-bond donors (Lipinski definition) is 0. The molecule has 0 radical (unpaired) electrons. The molecule has 0 heterocycles. The molecular formula is C19H31NO. The van der Waals surface area contributed by atoms with Gasteiger partial charge in [0.2, 0.25) is 5.91 Å². The molecule has 0 aliphatic heterocycles. The Balaban J connectivity index is 1.85. The van der Waals surface area contributed by atoms with E-state index in [9.17, 15) is 4.79 Å². The van der Waals surface area contributed by atoms with Crippen molar-refractivity contribution in [3.05, 3.63) is 23.8 Å². The van der Waals surface area contributed by atoms with Crippen molar-refractivity contribution in [1.29, 1.82) is 0 Å². The van der Waals surface area contributed by atoms with E-state index in [1.54, 1.807) is 0 Å². The highest BCUT2D eigenvalue weighted by atomic mass is 16.2. The van der Waals surface area contributed by atoms with Crippen LogP contribution >= 0.6 is 0 Å². The van der Waals surface area contributed by atoms with Crippen LogP contribution in [0.5, 0.6) is 0 Å². The van der Waals surface area contributed by atoms with Crippen LogP contribution in [0.2, 0.25) is 0 Å². The molecule has 2 atom stereocenters. The Morgan fingerprint density at radius 1 is 1.43 bits per heavy atom. The molecule has 0 N–H and O–H groups in total. The summed E-state index contributed by atoms with van der Waals surface area (Å²) >= 11 is 0. The second kappa shape index (κ2) is 7.82. The number of carbonyl (C=O) groups is 1. The van der Waals surface area contributed by atoms with E-state index in [2.05, 4.69) is 43.9 Å². The molecule has 1 fully saturated rings. The van der Waals surface area contributed by atoms with Crippen molar-refractivity contribution >= 4 is 5.91 Å². The summed E-state index contributed by atoms with van der Waals surface area (Å²) in [5, 5.41) is 0. The fraction of sp³-hybridized carbons (Fsp3) is 0.737. The first-order valence-electron chi connectivity index (χ1n) is 8.73. The van der Waals surface area contributed by atoms with Gasteiger partial charge in [-0.25, -0.2) is 0 Å². The van der Waals surface area contributed by atoms with Crippen LogP contribution in [0.1, 0.15) is 59.3 Å². The van der Waals surface area contributed by atoms with Crippen LogP contribution in [-0.4, -0.2) is 23.9 Å². The normalized spacial score (nSPS) is 26.0. The Morgan fingerprint density at radius 3 is 2.81 bits per heavy atom. The monoisotopic (exact) mass is 289 g/mol. The summed E-state index contributed by atoms with van der Waals surface area (Å²) in [4.78, 5) is 14.4. The van der Waals surface area contributed by atoms with E-state index in [1.165, 1.54) is 12.0 Å². The Hall–Kier alpha value is -1.05. The predicted octanol–water partition coefficient (Wildman–Crippen LogP) is 4.57. The standard InChI is InChI=1S/C19H31NO/c1-4-5-12-20(19(21)18-10-11-18)13-6-7-17-9-8-15(2)14-16(17)3/h6-8,16-18H,4-5,9-14H2,1-3H3/b7-6-. The first kappa shape index (κ1) is 16.3. The fourth-order valence-electron chi connectivity index (χ4n) is 3.17. The second-order valence-electron chi connectivity index (χ2n) is 6.97. The third-order valence-corrected chi connectivity index (χ3v) is 4.84. The van der Waals surface area contributed by atoms with Crippen molar-refractivity contribution in [2.24, 2.45) is 17.8 Å². The predicted molar refractivity (Wildman–Crippen MR) is 89.0 cm³/mol. The summed E-state index contributed by atoms with van der Waals surface area (Å²) in [7, 11) is 0. The fourth-order valence-corrected chi connectivity index (χ4v) is 3.17. The molecule has 2 unspecified atom stereocenters. The zero-order chi connectivity index (χ0) is 15.2. The SMILES string of the molecule is CCCCN(C/C=C\C1CC=C(C)CC1C)C(=O)C1CC1. The summed E-state index contributed by atoms with van der Waals surface area (Å²) in [5.74, 6) is 2.11. The molecule has 1 amide bonds. The van der Waals surface area contributed by atoms with E-state index in [0.29, 0.717) is 17.7 Å². The minimum atomic E-state index is 0.342. The van der Waals surface area contributed by atoms with E-state index in [-0.39, 0.29) is 0 Å². The van der Waals surface area contributed by atoms with Crippen LogP contribution in [0.15, 0.2) is 23.8 Å². The van der Waals surface area contributed by atoms with Gasteiger partial charge in [0.25, 0.3) is 0 Å². The average molecular weight is 289 g/mol. The highest BCUT2D eigenvalue weighted by Crippen LogP contribution is 2.32. The molecule has 0 aromatic rings. The molecule has 0 spiro atoms. The third kappa shape index (κ3) is 5.01. The van der Waals surface area contributed by atoms with Crippen LogP contribution in [0, 0.1) is 17.8 Å². The molecule has 21 heavy (non-hydrogen) atoms. The third-order valence-electron chi connectivity index (χ3n) is 4.84. The first-order valence-corrected chi connectivity index (χ1v) is 8.73. The Labute approximate surface area is 130 Å². The van der Waals surface area contributed by atoms with Gasteiger partial charge in [0.05, 0.1) is 0 Å². The van der Waals surface area contributed by atoms with Crippen LogP contribution in [0.25, 0.3) is 0 Å². The van der Waals surface area contributed by atoms with Crippen molar-refractivity contribution in [2.75, 3.05) is 13.1 Å². The molecule has 0 aromatic heterocycles. The molecular weight excluding hydrogens is 258 g/mol. The van der Waals surface area contributed by atoms with Crippen LogP contribution < -0.4 is 0 Å². The topological polar surface area (TPSA) is 20.3 Å². The van der Waals surface area contributed by atoms with Crippen molar-refractivity contribution < 1.29 is 4.79 Å². The lowest BCUT2D eigenvalue weighted by molar-refractivity contribution is -0.132. The van der Waals surface area contributed by atoms with E-state index >= 15 is 0 Å². The molecule has 0 bridgehead atoms. The lowest BCUT2D eigenvalue weighted by Gasteiger charge is -2.26. The minimum Gasteiger partial charge on any atom is -0.339 e. The number of amides is 1. The van der Waals surface area contributed by atoms with Gasteiger partial charge in [0.1, 0.15) is 0 Å². The molecule has 2 aliphatic carbocycles. The molecule has 118 valence electrons.